The largest absolute Gasteiger partial charge is 0.457 e. The van der Waals surface area contributed by atoms with E-state index in [9.17, 15) is 26.4 Å². The molecular weight excluding hydrogens is 513 g/mol. The molecule has 0 unspecified atom stereocenters. The quantitative estimate of drug-likeness (QED) is 0.487. The summed E-state index contributed by atoms with van der Waals surface area (Å²) in [6, 6.07) is 11.6. The van der Waals surface area contributed by atoms with Crippen molar-refractivity contribution in [3.63, 3.8) is 0 Å². The zero-order valence-corrected chi connectivity index (χ0v) is 18.9. The number of hydrogen-bond donors (Lipinski definition) is 1. The topological polar surface area (TPSA) is 85.4 Å². The van der Waals surface area contributed by atoms with E-state index in [1.165, 1.54) is 31.4 Å². The summed E-state index contributed by atoms with van der Waals surface area (Å²) in [4.78, 5) is 15.4. The number of pyridine rings is 1. The first-order valence-corrected chi connectivity index (χ1v) is 11.5. The number of carbonyl (C=O) groups is 1. The lowest BCUT2D eigenvalue weighted by Crippen LogP contribution is -2.18. The maximum atomic E-state index is 12.8. The van der Waals surface area contributed by atoms with Crippen molar-refractivity contribution in [2.45, 2.75) is 16.8 Å². The van der Waals surface area contributed by atoms with Crippen LogP contribution in [-0.4, -0.2) is 26.4 Å². The van der Waals surface area contributed by atoms with E-state index in [-0.39, 0.29) is 21.0 Å². The van der Waals surface area contributed by atoms with Crippen molar-refractivity contribution in [2.24, 2.45) is 0 Å². The molecule has 0 bridgehead atoms. The molecule has 168 valence electrons. The number of sulfone groups is 1. The summed E-state index contributed by atoms with van der Waals surface area (Å²) in [7, 11) is -2.42. The van der Waals surface area contributed by atoms with Crippen LogP contribution in [0.1, 0.15) is 21.6 Å². The van der Waals surface area contributed by atoms with Gasteiger partial charge in [0.2, 0.25) is 0 Å². The highest BCUT2D eigenvalue weighted by molar-refractivity contribution is 9.10. The number of hydrogen-bond acceptors (Lipinski definition) is 5. The van der Waals surface area contributed by atoms with E-state index in [1.54, 1.807) is 18.2 Å². The van der Waals surface area contributed by atoms with Gasteiger partial charge in [0.15, 0.2) is 9.84 Å². The highest BCUT2D eigenvalue weighted by atomic mass is 79.9. The zero-order valence-electron chi connectivity index (χ0n) is 16.5. The third kappa shape index (κ3) is 5.65. The normalized spacial score (nSPS) is 11.8. The maximum absolute atomic E-state index is 12.8. The van der Waals surface area contributed by atoms with Crippen molar-refractivity contribution in [1.82, 2.24) is 10.3 Å². The fourth-order valence-corrected chi connectivity index (χ4v) is 5.28. The highest BCUT2D eigenvalue weighted by Crippen LogP contribution is 2.34. The molecule has 32 heavy (non-hydrogen) atoms. The average Bonchev–Trinajstić information content (AvgIpc) is 2.73. The predicted molar refractivity (Wildman–Crippen MR) is 114 cm³/mol. The molecular formula is C21H16BrF3N2O4S. The van der Waals surface area contributed by atoms with Crippen LogP contribution in [0.2, 0.25) is 0 Å². The summed E-state index contributed by atoms with van der Waals surface area (Å²) in [6.07, 6.45) is -3.15. The van der Waals surface area contributed by atoms with Crippen molar-refractivity contribution in [3.8, 4) is 11.5 Å². The molecule has 0 saturated heterocycles. The van der Waals surface area contributed by atoms with Crippen LogP contribution >= 0.6 is 15.9 Å². The molecule has 11 heteroatoms. The van der Waals surface area contributed by atoms with Gasteiger partial charge in [-0.1, -0.05) is 12.1 Å². The monoisotopic (exact) mass is 528 g/mol. The standard InChI is InChI=1S/C21H16BrF3N2O4S/c1-26-20(28)18-11-16(8-9-27-18)31-15-5-2-13(3-6-15)12-32(29,30)19-7-4-14(10-17(19)22)21(23,24)25/h2-11H,12H2,1H3,(H,26,28). The Kier molecular flexibility index (Phi) is 6.89. The lowest BCUT2D eigenvalue weighted by atomic mass is 10.2. The van der Waals surface area contributed by atoms with Gasteiger partial charge < -0.3 is 10.1 Å². The van der Waals surface area contributed by atoms with Crippen molar-refractivity contribution in [3.05, 3.63) is 82.1 Å². The summed E-state index contributed by atoms with van der Waals surface area (Å²) < 4.78 is 69.3. The number of carbonyl (C=O) groups excluding carboxylic acids is 1. The van der Waals surface area contributed by atoms with Gasteiger partial charge in [-0.2, -0.15) is 13.2 Å². The van der Waals surface area contributed by atoms with Crippen LogP contribution in [0.15, 0.2) is 70.2 Å². The van der Waals surface area contributed by atoms with Gasteiger partial charge in [0.05, 0.1) is 16.2 Å². The van der Waals surface area contributed by atoms with Crippen LogP contribution in [0.5, 0.6) is 11.5 Å². The summed E-state index contributed by atoms with van der Waals surface area (Å²) in [5, 5.41) is 2.46. The van der Waals surface area contributed by atoms with Crippen LogP contribution in [0, 0.1) is 0 Å². The lowest BCUT2D eigenvalue weighted by molar-refractivity contribution is -0.137. The summed E-state index contributed by atoms with van der Waals surface area (Å²) >= 11 is 2.93. The number of alkyl halides is 3. The molecule has 3 rings (SSSR count). The van der Waals surface area contributed by atoms with Crippen molar-refractivity contribution >= 4 is 31.7 Å². The summed E-state index contributed by atoms with van der Waals surface area (Å²) in [6.45, 7) is 0. The Hall–Kier alpha value is -2.92. The molecule has 0 radical (unpaired) electrons. The second kappa shape index (κ2) is 9.29. The smallest absolute Gasteiger partial charge is 0.416 e. The minimum Gasteiger partial charge on any atom is -0.457 e. The van der Waals surface area contributed by atoms with Crippen molar-refractivity contribution in [2.75, 3.05) is 7.05 Å². The Morgan fingerprint density at radius 1 is 1.06 bits per heavy atom. The number of nitrogens with one attached hydrogen (secondary N) is 1. The molecule has 0 saturated carbocycles. The average molecular weight is 529 g/mol. The Balaban J connectivity index is 1.75. The Bertz CT molecular complexity index is 1250. The predicted octanol–water partition coefficient (Wildman–Crippen LogP) is 4.99. The van der Waals surface area contributed by atoms with Crippen LogP contribution in [0.3, 0.4) is 0 Å². The second-order valence-electron chi connectivity index (χ2n) is 6.60. The van der Waals surface area contributed by atoms with E-state index in [4.69, 9.17) is 4.74 Å². The minimum absolute atomic E-state index is 0.156. The number of aromatic nitrogens is 1. The molecule has 0 aliphatic heterocycles. The minimum atomic E-state index is -4.57. The molecule has 0 aliphatic rings. The number of amides is 1. The van der Waals surface area contributed by atoms with Gasteiger partial charge in [-0.05, 0) is 57.9 Å². The van der Waals surface area contributed by atoms with E-state index in [0.717, 1.165) is 18.2 Å². The third-order valence-electron chi connectivity index (χ3n) is 4.30. The van der Waals surface area contributed by atoms with Crippen LogP contribution in [-0.2, 0) is 21.8 Å². The first-order chi connectivity index (χ1) is 15.0. The molecule has 0 spiro atoms. The van der Waals surface area contributed by atoms with Gasteiger partial charge in [0.25, 0.3) is 5.91 Å². The fraction of sp³-hybridized carbons (Fsp3) is 0.143. The molecule has 1 amide bonds. The highest BCUT2D eigenvalue weighted by Gasteiger charge is 2.32. The van der Waals surface area contributed by atoms with E-state index in [2.05, 4.69) is 26.2 Å². The Morgan fingerprint density at radius 2 is 1.75 bits per heavy atom. The molecule has 1 aromatic heterocycles. The molecule has 1 heterocycles. The van der Waals surface area contributed by atoms with Gasteiger partial charge in [0, 0.05) is 23.8 Å². The Labute approximate surface area is 190 Å². The summed E-state index contributed by atoms with van der Waals surface area (Å²) in [5.74, 6) is -0.0122. The SMILES string of the molecule is CNC(=O)c1cc(Oc2ccc(CS(=O)(=O)c3ccc(C(F)(F)F)cc3Br)cc2)ccn1. The van der Waals surface area contributed by atoms with Gasteiger partial charge >= 0.3 is 6.18 Å². The molecule has 2 aromatic carbocycles. The first-order valence-electron chi connectivity index (χ1n) is 9.04. The molecule has 0 aliphatic carbocycles. The molecule has 0 atom stereocenters. The van der Waals surface area contributed by atoms with Crippen LogP contribution < -0.4 is 10.1 Å². The number of rotatable bonds is 6. The lowest BCUT2D eigenvalue weighted by Gasteiger charge is -2.11. The van der Waals surface area contributed by atoms with Crippen LogP contribution in [0.25, 0.3) is 0 Å². The third-order valence-corrected chi connectivity index (χ3v) is 6.96. The fourth-order valence-electron chi connectivity index (χ4n) is 2.74. The van der Waals surface area contributed by atoms with E-state index in [0.29, 0.717) is 17.1 Å². The number of nitrogens with zero attached hydrogens (tertiary/aromatic N) is 1. The first kappa shape index (κ1) is 23.7. The number of benzene rings is 2. The zero-order chi connectivity index (χ0) is 23.5. The van der Waals surface area contributed by atoms with E-state index < -0.39 is 27.3 Å². The number of halogens is 4. The summed E-state index contributed by atoms with van der Waals surface area (Å²) in [5.41, 5.74) is -0.347. The van der Waals surface area contributed by atoms with E-state index >= 15 is 0 Å². The second-order valence-corrected chi connectivity index (χ2v) is 9.42. The van der Waals surface area contributed by atoms with E-state index in [1.807, 2.05) is 0 Å². The molecule has 1 N–H and O–H groups in total. The molecule has 6 nitrogen and oxygen atoms in total. The van der Waals surface area contributed by atoms with Gasteiger partial charge in [-0.15, -0.1) is 0 Å². The van der Waals surface area contributed by atoms with Gasteiger partial charge in [-0.3, -0.25) is 9.78 Å². The van der Waals surface area contributed by atoms with Crippen molar-refractivity contribution in [1.29, 1.82) is 0 Å². The number of ether oxygens (including phenoxy) is 1. The van der Waals surface area contributed by atoms with Crippen molar-refractivity contribution < 1.29 is 31.1 Å². The van der Waals surface area contributed by atoms with Crippen LogP contribution in [0.4, 0.5) is 13.2 Å². The van der Waals surface area contributed by atoms with Gasteiger partial charge in [-0.25, -0.2) is 8.42 Å². The Morgan fingerprint density at radius 3 is 2.34 bits per heavy atom. The molecule has 0 fully saturated rings. The molecule has 3 aromatic rings. The maximum Gasteiger partial charge on any atom is 0.416 e. The van der Waals surface area contributed by atoms with Gasteiger partial charge in [0.1, 0.15) is 17.2 Å².